The number of aromatic carboxylic acids is 1. The number of ether oxygens (including phenoxy) is 1. The number of carboxylic acid groups (broad SMARTS) is 1. The Morgan fingerprint density at radius 2 is 2.06 bits per heavy atom. The first-order chi connectivity index (χ1) is 15.4. The second-order valence-electron chi connectivity index (χ2n) is 7.87. The summed E-state index contributed by atoms with van der Waals surface area (Å²) in [6.45, 7) is 7.49. The minimum Gasteiger partial charge on any atom is -0.483 e. The third kappa shape index (κ3) is 2.98. The van der Waals surface area contributed by atoms with Crippen LogP contribution in [0.3, 0.4) is 0 Å². The van der Waals surface area contributed by atoms with E-state index >= 15 is 4.39 Å². The van der Waals surface area contributed by atoms with Gasteiger partial charge in [-0.05, 0) is 19.1 Å². The zero-order chi connectivity index (χ0) is 22.6. The van der Waals surface area contributed by atoms with E-state index in [1.807, 2.05) is 11.8 Å². The van der Waals surface area contributed by atoms with E-state index < -0.39 is 22.8 Å². The maximum Gasteiger partial charge on any atom is 0.341 e. The summed E-state index contributed by atoms with van der Waals surface area (Å²) in [5, 5.41) is 9.35. The number of benzene rings is 1. The second-order valence-corrected chi connectivity index (χ2v) is 7.87. The number of carboxylic acids is 1. The molecule has 5 rings (SSSR count). The largest absolute Gasteiger partial charge is 0.483 e. The van der Waals surface area contributed by atoms with Crippen LogP contribution in [0.4, 0.5) is 16.0 Å². The summed E-state index contributed by atoms with van der Waals surface area (Å²) in [7, 11) is 0. The molecule has 2 aromatic heterocycles. The summed E-state index contributed by atoms with van der Waals surface area (Å²) in [6.07, 6.45) is 4.59. The van der Waals surface area contributed by atoms with Crippen LogP contribution in [-0.2, 0) is 0 Å². The normalized spacial score (nSPS) is 18.1. The van der Waals surface area contributed by atoms with Gasteiger partial charge in [0.25, 0.3) is 0 Å². The van der Waals surface area contributed by atoms with E-state index in [1.165, 1.54) is 10.8 Å². The molecule has 2 aliphatic rings. The minimum atomic E-state index is -1.38. The molecule has 0 radical (unpaired) electrons. The first-order valence-corrected chi connectivity index (χ1v) is 10.1. The lowest BCUT2D eigenvalue weighted by atomic mass is 10.1. The number of rotatable bonds is 3. The molecule has 0 aliphatic carbocycles. The standard InChI is InChI=1S/C22H20FN5O4/c1-12-9-26(6-7-27(12)22-24-4-3-5-25-22)18-16(23)8-14-17-20(18)32-11-13(2)28(17)10-15(19(14)29)21(30)31/h3-5,8,10,12H,2,6-7,9,11H2,1H3,(H,30,31). The highest BCUT2D eigenvalue weighted by Crippen LogP contribution is 2.42. The molecule has 32 heavy (non-hydrogen) atoms. The topological polar surface area (TPSA) is 101 Å². The Labute approximate surface area is 182 Å². The van der Waals surface area contributed by atoms with E-state index in [1.54, 1.807) is 18.5 Å². The molecular weight excluding hydrogens is 417 g/mol. The highest BCUT2D eigenvalue weighted by atomic mass is 19.1. The number of piperazine rings is 1. The van der Waals surface area contributed by atoms with Gasteiger partial charge in [0.05, 0.1) is 11.1 Å². The van der Waals surface area contributed by atoms with E-state index in [9.17, 15) is 14.7 Å². The molecule has 9 nitrogen and oxygen atoms in total. The lowest BCUT2D eigenvalue weighted by Crippen LogP contribution is -2.53. The molecule has 0 saturated carbocycles. The van der Waals surface area contributed by atoms with Crippen molar-refractivity contribution in [3.8, 4) is 5.75 Å². The highest BCUT2D eigenvalue weighted by molar-refractivity contribution is 5.99. The Kier molecular flexibility index (Phi) is 4.58. The molecule has 4 heterocycles. The van der Waals surface area contributed by atoms with Crippen LogP contribution in [0.2, 0.25) is 0 Å². The van der Waals surface area contributed by atoms with Crippen LogP contribution in [0.15, 0.2) is 42.1 Å². The van der Waals surface area contributed by atoms with Crippen molar-refractivity contribution in [3.05, 3.63) is 58.9 Å². The van der Waals surface area contributed by atoms with Crippen LogP contribution >= 0.6 is 0 Å². The molecule has 164 valence electrons. The molecule has 1 aromatic carbocycles. The Morgan fingerprint density at radius 3 is 2.75 bits per heavy atom. The fourth-order valence-electron chi connectivity index (χ4n) is 4.37. The van der Waals surface area contributed by atoms with Gasteiger partial charge in [0.2, 0.25) is 11.4 Å². The second kappa shape index (κ2) is 7.33. The van der Waals surface area contributed by atoms with Gasteiger partial charge in [-0.25, -0.2) is 19.2 Å². The fourth-order valence-corrected chi connectivity index (χ4v) is 4.37. The monoisotopic (exact) mass is 437 g/mol. The third-order valence-corrected chi connectivity index (χ3v) is 5.88. The molecule has 10 heteroatoms. The minimum absolute atomic E-state index is 0.0106. The molecule has 1 fully saturated rings. The van der Waals surface area contributed by atoms with Crippen LogP contribution in [-0.4, -0.2) is 57.9 Å². The molecular formula is C22H20FN5O4. The maximum atomic E-state index is 15.4. The zero-order valence-corrected chi connectivity index (χ0v) is 17.3. The molecule has 1 N–H and O–H groups in total. The van der Waals surface area contributed by atoms with E-state index in [0.717, 1.165) is 6.07 Å². The van der Waals surface area contributed by atoms with Gasteiger partial charge in [-0.15, -0.1) is 0 Å². The van der Waals surface area contributed by atoms with Gasteiger partial charge in [-0.2, -0.15) is 0 Å². The van der Waals surface area contributed by atoms with Crippen molar-refractivity contribution in [3.63, 3.8) is 0 Å². The van der Waals surface area contributed by atoms with Crippen LogP contribution in [0.1, 0.15) is 17.3 Å². The summed E-state index contributed by atoms with van der Waals surface area (Å²) < 4.78 is 22.7. The van der Waals surface area contributed by atoms with Crippen molar-refractivity contribution >= 4 is 34.2 Å². The summed E-state index contributed by atoms with van der Waals surface area (Å²) in [4.78, 5) is 36.8. The molecule has 2 aliphatic heterocycles. The fraction of sp³-hybridized carbons (Fsp3) is 0.273. The van der Waals surface area contributed by atoms with E-state index in [2.05, 4.69) is 21.4 Å². The predicted molar refractivity (Wildman–Crippen MR) is 117 cm³/mol. The number of halogens is 1. The molecule has 0 amide bonds. The first-order valence-electron chi connectivity index (χ1n) is 10.1. The average Bonchev–Trinajstić information content (AvgIpc) is 2.77. The number of aromatic nitrogens is 3. The first kappa shape index (κ1) is 20.0. The van der Waals surface area contributed by atoms with Crippen molar-refractivity contribution < 1.29 is 19.0 Å². The van der Waals surface area contributed by atoms with Gasteiger partial charge in [-0.3, -0.25) is 4.79 Å². The van der Waals surface area contributed by atoms with Gasteiger partial charge >= 0.3 is 5.97 Å². The van der Waals surface area contributed by atoms with Gasteiger partial charge in [-0.1, -0.05) is 6.58 Å². The van der Waals surface area contributed by atoms with Gasteiger partial charge in [0.15, 0.2) is 11.6 Å². The van der Waals surface area contributed by atoms with Crippen molar-refractivity contribution in [1.29, 1.82) is 0 Å². The molecule has 3 aromatic rings. The number of hydrogen-bond donors (Lipinski definition) is 1. The summed E-state index contributed by atoms with van der Waals surface area (Å²) in [6, 6.07) is 2.84. The van der Waals surface area contributed by atoms with Gasteiger partial charge in [0, 0.05) is 44.3 Å². The molecule has 0 bridgehead atoms. The Morgan fingerprint density at radius 1 is 1.31 bits per heavy atom. The Balaban J connectivity index is 1.61. The SMILES string of the molecule is C=C1COc2c(N3CCN(c4ncccn4)C(C)C3)c(F)cc3c(=O)c(C(=O)O)cn1c23. The quantitative estimate of drug-likeness (QED) is 0.666. The van der Waals surface area contributed by atoms with E-state index in [4.69, 9.17) is 4.74 Å². The van der Waals surface area contributed by atoms with Crippen molar-refractivity contribution in [2.45, 2.75) is 13.0 Å². The number of nitrogens with zero attached hydrogens (tertiary/aromatic N) is 5. The van der Waals surface area contributed by atoms with E-state index in [0.29, 0.717) is 36.8 Å². The lowest BCUT2D eigenvalue weighted by molar-refractivity contribution is 0.0695. The van der Waals surface area contributed by atoms with E-state index in [-0.39, 0.29) is 29.5 Å². The highest BCUT2D eigenvalue weighted by Gasteiger charge is 2.33. The number of pyridine rings is 1. The Hall–Kier alpha value is -3.95. The number of hydrogen-bond acceptors (Lipinski definition) is 7. The summed E-state index contributed by atoms with van der Waals surface area (Å²) in [5.74, 6) is -1.18. The molecule has 1 saturated heterocycles. The molecule has 1 atom stereocenters. The maximum absolute atomic E-state index is 15.4. The third-order valence-electron chi connectivity index (χ3n) is 5.88. The average molecular weight is 437 g/mol. The van der Waals surface area contributed by atoms with Crippen LogP contribution in [0.25, 0.3) is 16.6 Å². The number of carbonyl (C=O) groups is 1. The van der Waals surface area contributed by atoms with Crippen molar-refractivity contribution in [1.82, 2.24) is 14.5 Å². The summed E-state index contributed by atoms with van der Waals surface area (Å²) >= 11 is 0. The van der Waals surface area contributed by atoms with Crippen molar-refractivity contribution in [2.24, 2.45) is 0 Å². The zero-order valence-electron chi connectivity index (χ0n) is 17.3. The Bertz CT molecular complexity index is 1320. The van der Waals surface area contributed by atoms with Crippen molar-refractivity contribution in [2.75, 3.05) is 36.0 Å². The molecule has 0 spiro atoms. The summed E-state index contributed by atoms with van der Waals surface area (Å²) in [5.41, 5.74) is -0.158. The van der Waals surface area contributed by atoms with Crippen LogP contribution in [0, 0.1) is 5.82 Å². The predicted octanol–water partition coefficient (Wildman–Crippen LogP) is 2.21. The van der Waals surface area contributed by atoms with Gasteiger partial charge in [0.1, 0.15) is 23.4 Å². The lowest BCUT2D eigenvalue weighted by Gasteiger charge is -2.41. The van der Waals surface area contributed by atoms with Gasteiger partial charge < -0.3 is 24.2 Å². The molecule has 1 unspecified atom stereocenters. The smallest absolute Gasteiger partial charge is 0.341 e. The number of anilines is 2. The van der Waals surface area contributed by atoms with Crippen LogP contribution < -0.4 is 20.0 Å². The van der Waals surface area contributed by atoms with Crippen LogP contribution in [0.5, 0.6) is 5.75 Å².